The van der Waals surface area contributed by atoms with Gasteiger partial charge in [-0.15, -0.1) is 24.0 Å². The summed E-state index contributed by atoms with van der Waals surface area (Å²) in [5.41, 5.74) is 3.66. The molecular formula is C24H35IN4O2. The summed E-state index contributed by atoms with van der Waals surface area (Å²) in [6.07, 6.45) is 1.10. The van der Waals surface area contributed by atoms with E-state index in [2.05, 4.69) is 75.1 Å². The van der Waals surface area contributed by atoms with Crippen molar-refractivity contribution in [1.29, 1.82) is 0 Å². The molecule has 0 bridgehead atoms. The van der Waals surface area contributed by atoms with Crippen LogP contribution in [0.3, 0.4) is 0 Å². The number of nitrogens with one attached hydrogen (secondary N) is 2. The van der Waals surface area contributed by atoms with Crippen LogP contribution < -0.4 is 15.5 Å². The number of rotatable bonds is 10. The van der Waals surface area contributed by atoms with Gasteiger partial charge >= 0.3 is 0 Å². The molecule has 31 heavy (non-hydrogen) atoms. The quantitative estimate of drug-likeness (QED) is 0.209. The largest absolute Gasteiger partial charge is 0.379 e. The molecular weight excluding hydrogens is 503 g/mol. The number of hydrogen-bond acceptors (Lipinski definition) is 4. The van der Waals surface area contributed by atoms with Crippen LogP contribution in [0.2, 0.25) is 0 Å². The smallest absolute Gasteiger partial charge is 0.191 e. The highest BCUT2D eigenvalue weighted by atomic mass is 127. The van der Waals surface area contributed by atoms with E-state index in [9.17, 15) is 0 Å². The van der Waals surface area contributed by atoms with Gasteiger partial charge in [-0.05, 0) is 36.6 Å². The van der Waals surface area contributed by atoms with Crippen molar-refractivity contribution < 1.29 is 9.47 Å². The van der Waals surface area contributed by atoms with E-state index in [0.717, 1.165) is 38.6 Å². The predicted molar refractivity (Wildman–Crippen MR) is 138 cm³/mol. The SMILES string of the molecule is CCOCCOCc1cccc(CNC(=NC)NC2CCN(c3ccccc3)C2)c1.I. The second-order valence-electron chi connectivity index (χ2n) is 7.41. The number of benzene rings is 2. The minimum absolute atomic E-state index is 0. The Labute approximate surface area is 203 Å². The van der Waals surface area contributed by atoms with Gasteiger partial charge < -0.3 is 25.0 Å². The Morgan fingerprint density at radius 3 is 2.61 bits per heavy atom. The average molecular weight is 538 g/mol. The lowest BCUT2D eigenvalue weighted by Gasteiger charge is -2.20. The minimum atomic E-state index is 0. The lowest BCUT2D eigenvalue weighted by atomic mass is 10.1. The molecule has 2 aromatic carbocycles. The van der Waals surface area contributed by atoms with E-state index < -0.39 is 0 Å². The maximum atomic E-state index is 5.67. The third kappa shape index (κ3) is 8.66. The summed E-state index contributed by atoms with van der Waals surface area (Å²) in [6, 6.07) is 19.4. The van der Waals surface area contributed by atoms with E-state index in [1.165, 1.54) is 16.8 Å². The van der Waals surface area contributed by atoms with Crippen LogP contribution in [0, 0.1) is 0 Å². The maximum Gasteiger partial charge on any atom is 0.191 e. The second-order valence-corrected chi connectivity index (χ2v) is 7.41. The summed E-state index contributed by atoms with van der Waals surface area (Å²) in [5.74, 6) is 0.841. The van der Waals surface area contributed by atoms with Crippen LogP contribution in [-0.2, 0) is 22.6 Å². The monoisotopic (exact) mass is 538 g/mol. The molecule has 1 aliphatic heterocycles. The molecule has 1 heterocycles. The number of guanidine groups is 1. The molecule has 2 N–H and O–H groups in total. The summed E-state index contributed by atoms with van der Waals surface area (Å²) >= 11 is 0. The van der Waals surface area contributed by atoms with Crippen molar-refractivity contribution in [3.8, 4) is 0 Å². The van der Waals surface area contributed by atoms with E-state index >= 15 is 0 Å². The van der Waals surface area contributed by atoms with Crippen molar-refractivity contribution in [2.45, 2.75) is 32.5 Å². The van der Waals surface area contributed by atoms with Gasteiger partial charge in [0.05, 0.1) is 19.8 Å². The Morgan fingerprint density at radius 1 is 1.06 bits per heavy atom. The standard InChI is InChI=1S/C24H34N4O2.HI/c1-3-29-14-15-30-19-21-9-7-8-20(16-21)17-26-24(25-2)27-22-12-13-28(18-22)23-10-5-4-6-11-23;/h4-11,16,22H,3,12-15,17-19H2,1-2H3,(H2,25,26,27);1H. The Balaban J connectivity index is 0.00000341. The lowest BCUT2D eigenvalue weighted by molar-refractivity contribution is 0.0453. The molecule has 170 valence electrons. The Bertz CT molecular complexity index is 788. The number of hydrogen-bond donors (Lipinski definition) is 2. The van der Waals surface area contributed by atoms with Crippen LogP contribution in [-0.4, -0.2) is 52.0 Å². The number of anilines is 1. The highest BCUT2D eigenvalue weighted by molar-refractivity contribution is 14.0. The first kappa shape index (κ1) is 25.4. The van der Waals surface area contributed by atoms with Gasteiger partial charge in [-0.25, -0.2) is 0 Å². The van der Waals surface area contributed by atoms with Gasteiger partial charge in [0.25, 0.3) is 0 Å². The number of halogens is 1. The van der Waals surface area contributed by atoms with Crippen molar-refractivity contribution in [1.82, 2.24) is 10.6 Å². The molecule has 0 radical (unpaired) electrons. The molecule has 0 saturated carbocycles. The molecule has 1 fully saturated rings. The molecule has 0 spiro atoms. The van der Waals surface area contributed by atoms with Crippen LogP contribution in [0.25, 0.3) is 0 Å². The fourth-order valence-electron chi connectivity index (χ4n) is 3.61. The molecule has 1 aliphatic rings. The zero-order valence-corrected chi connectivity index (χ0v) is 20.9. The third-order valence-electron chi connectivity index (χ3n) is 5.17. The van der Waals surface area contributed by atoms with Crippen LogP contribution in [0.4, 0.5) is 5.69 Å². The van der Waals surface area contributed by atoms with Gasteiger partial charge in [-0.2, -0.15) is 0 Å². The number of ether oxygens (including phenoxy) is 2. The first-order valence-electron chi connectivity index (χ1n) is 10.8. The third-order valence-corrected chi connectivity index (χ3v) is 5.17. The summed E-state index contributed by atoms with van der Waals surface area (Å²) in [7, 11) is 1.82. The number of para-hydroxylation sites is 1. The molecule has 1 unspecified atom stereocenters. The van der Waals surface area contributed by atoms with E-state index in [0.29, 0.717) is 25.9 Å². The van der Waals surface area contributed by atoms with Crippen molar-refractivity contribution in [3.05, 3.63) is 65.7 Å². The van der Waals surface area contributed by atoms with Crippen molar-refractivity contribution in [2.75, 3.05) is 44.9 Å². The molecule has 1 saturated heterocycles. The highest BCUT2D eigenvalue weighted by Crippen LogP contribution is 2.19. The van der Waals surface area contributed by atoms with Gasteiger partial charge in [0.2, 0.25) is 0 Å². The van der Waals surface area contributed by atoms with Gasteiger partial charge in [0.1, 0.15) is 0 Å². The van der Waals surface area contributed by atoms with Crippen LogP contribution in [0.15, 0.2) is 59.6 Å². The zero-order chi connectivity index (χ0) is 21.0. The Morgan fingerprint density at radius 2 is 1.84 bits per heavy atom. The molecule has 6 nitrogen and oxygen atoms in total. The maximum absolute atomic E-state index is 5.67. The van der Waals surface area contributed by atoms with E-state index in [-0.39, 0.29) is 24.0 Å². The molecule has 0 amide bonds. The first-order valence-corrected chi connectivity index (χ1v) is 10.8. The topological polar surface area (TPSA) is 58.1 Å². The van der Waals surface area contributed by atoms with Gasteiger partial charge in [0, 0.05) is 45.0 Å². The molecule has 1 atom stereocenters. The number of aliphatic imine (C=N–C) groups is 1. The average Bonchev–Trinajstić information content (AvgIpc) is 3.26. The molecule has 3 rings (SSSR count). The van der Waals surface area contributed by atoms with Crippen molar-refractivity contribution >= 4 is 35.6 Å². The molecule has 0 aliphatic carbocycles. The molecule has 0 aromatic heterocycles. The number of nitrogens with zero attached hydrogens (tertiary/aromatic N) is 2. The summed E-state index contributed by atoms with van der Waals surface area (Å²) in [6.45, 7) is 7.35. The predicted octanol–water partition coefficient (Wildman–Crippen LogP) is 3.80. The Kier molecular flexibility index (Phi) is 11.7. The summed E-state index contributed by atoms with van der Waals surface area (Å²) < 4.78 is 11.0. The van der Waals surface area contributed by atoms with Crippen LogP contribution in [0.1, 0.15) is 24.5 Å². The van der Waals surface area contributed by atoms with E-state index in [1.54, 1.807) is 0 Å². The summed E-state index contributed by atoms with van der Waals surface area (Å²) in [5, 5.41) is 7.00. The molecule has 2 aromatic rings. The van der Waals surface area contributed by atoms with Crippen LogP contribution in [0.5, 0.6) is 0 Å². The van der Waals surface area contributed by atoms with Gasteiger partial charge in [0.15, 0.2) is 5.96 Å². The minimum Gasteiger partial charge on any atom is -0.379 e. The second kappa shape index (κ2) is 14.3. The normalized spacial score (nSPS) is 16.1. The lowest BCUT2D eigenvalue weighted by Crippen LogP contribution is -2.44. The van der Waals surface area contributed by atoms with E-state index in [1.807, 2.05) is 14.0 Å². The van der Waals surface area contributed by atoms with E-state index in [4.69, 9.17) is 9.47 Å². The Hall–Kier alpha value is -1.84. The van der Waals surface area contributed by atoms with Crippen molar-refractivity contribution in [3.63, 3.8) is 0 Å². The highest BCUT2D eigenvalue weighted by Gasteiger charge is 2.23. The first-order chi connectivity index (χ1) is 14.8. The van der Waals surface area contributed by atoms with Gasteiger partial charge in [-0.3, -0.25) is 4.99 Å². The summed E-state index contributed by atoms with van der Waals surface area (Å²) in [4.78, 5) is 6.82. The van der Waals surface area contributed by atoms with Crippen LogP contribution >= 0.6 is 24.0 Å². The fraction of sp³-hybridized carbons (Fsp3) is 0.458. The zero-order valence-electron chi connectivity index (χ0n) is 18.5. The molecule has 7 heteroatoms. The van der Waals surface area contributed by atoms with Crippen molar-refractivity contribution in [2.24, 2.45) is 4.99 Å². The fourth-order valence-corrected chi connectivity index (χ4v) is 3.61. The van der Waals surface area contributed by atoms with Gasteiger partial charge in [-0.1, -0.05) is 42.5 Å².